The molecule has 1 aromatic heterocycles. The smallest absolute Gasteiger partial charge is 0.303 e. The lowest BCUT2D eigenvalue weighted by atomic mass is 10.2. The predicted molar refractivity (Wildman–Crippen MR) is 46.1 cm³/mol. The van der Waals surface area contributed by atoms with Gasteiger partial charge in [-0.3, -0.25) is 4.79 Å². The molecule has 66 valence electrons. The molecule has 0 saturated carbocycles. The molecule has 0 aromatic carbocycles. The first-order valence-corrected chi connectivity index (χ1v) is 4.10. The number of nitrogens with one attached hydrogen (secondary N) is 1. The topological polar surface area (TPSA) is 53.1 Å². The molecule has 0 atom stereocenters. The molecule has 1 heterocycles. The fraction of sp³-hybridized carbons (Fsp3) is 0.444. The Morgan fingerprint density at radius 1 is 1.67 bits per heavy atom. The van der Waals surface area contributed by atoms with E-state index in [4.69, 9.17) is 5.11 Å². The van der Waals surface area contributed by atoms with E-state index in [2.05, 4.69) is 11.9 Å². The SMILES string of the molecule is CCc1cc(CCC(=O)O)c[nH]1. The van der Waals surface area contributed by atoms with Crippen molar-refractivity contribution >= 4 is 5.97 Å². The zero-order chi connectivity index (χ0) is 8.97. The minimum Gasteiger partial charge on any atom is -0.481 e. The maximum absolute atomic E-state index is 10.2. The highest BCUT2D eigenvalue weighted by atomic mass is 16.4. The van der Waals surface area contributed by atoms with Crippen molar-refractivity contribution in [3.8, 4) is 0 Å². The molecular weight excluding hydrogens is 154 g/mol. The molecule has 0 aliphatic carbocycles. The monoisotopic (exact) mass is 167 g/mol. The van der Waals surface area contributed by atoms with Gasteiger partial charge in [-0.15, -0.1) is 0 Å². The summed E-state index contributed by atoms with van der Waals surface area (Å²) >= 11 is 0. The Kier molecular flexibility index (Phi) is 2.91. The molecule has 0 saturated heterocycles. The Morgan fingerprint density at radius 2 is 2.42 bits per heavy atom. The molecule has 1 aromatic rings. The quantitative estimate of drug-likeness (QED) is 0.715. The Bertz CT molecular complexity index is 265. The van der Waals surface area contributed by atoms with Gasteiger partial charge >= 0.3 is 5.97 Å². The van der Waals surface area contributed by atoms with Crippen LogP contribution in [0.4, 0.5) is 0 Å². The number of aliphatic carboxylic acids is 1. The van der Waals surface area contributed by atoms with Gasteiger partial charge in [-0.1, -0.05) is 6.92 Å². The van der Waals surface area contributed by atoms with E-state index in [1.807, 2.05) is 12.3 Å². The zero-order valence-corrected chi connectivity index (χ0v) is 7.13. The van der Waals surface area contributed by atoms with Crippen molar-refractivity contribution in [2.45, 2.75) is 26.2 Å². The number of carboxylic acid groups (broad SMARTS) is 1. The van der Waals surface area contributed by atoms with E-state index in [1.54, 1.807) is 0 Å². The highest BCUT2D eigenvalue weighted by Gasteiger charge is 2.00. The van der Waals surface area contributed by atoms with Crippen LogP contribution >= 0.6 is 0 Å². The molecule has 0 radical (unpaired) electrons. The van der Waals surface area contributed by atoms with Gasteiger partial charge in [0.05, 0.1) is 0 Å². The molecule has 1 rings (SSSR count). The van der Waals surface area contributed by atoms with Gasteiger partial charge in [-0.25, -0.2) is 0 Å². The molecule has 0 bridgehead atoms. The van der Waals surface area contributed by atoms with Crippen LogP contribution in [-0.4, -0.2) is 16.1 Å². The predicted octanol–water partition coefficient (Wildman–Crippen LogP) is 1.59. The summed E-state index contributed by atoms with van der Waals surface area (Å²) in [4.78, 5) is 13.3. The van der Waals surface area contributed by atoms with Crippen molar-refractivity contribution in [1.82, 2.24) is 4.98 Å². The average molecular weight is 167 g/mol. The number of hydrogen-bond donors (Lipinski definition) is 2. The number of carbonyl (C=O) groups is 1. The van der Waals surface area contributed by atoms with E-state index in [0.717, 1.165) is 17.7 Å². The van der Waals surface area contributed by atoms with Crippen LogP contribution in [0, 0.1) is 0 Å². The summed E-state index contributed by atoms with van der Waals surface area (Å²) in [7, 11) is 0. The van der Waals surface area contributed by atoms with Crippen LogP contribution in [0.3, 0.4) is 0 Å². The van der Waals surface area contributed by atoms with Crippen molar-refractivity contribution in [3.63, 3.8) is 0 Å². The summed E-state index contributed by atoms with van der Waals surface area (Å²) in [6.45, 7) is 2.06. The van der Waals surface area contributed by atoms with Gasteiger partial charge < -0.3 is 10.1 Å². The van der Waals surface area contributed by atoms with Crippen molar-refractivity contribution in [3.05, 3.63) is 23.5 Å². The average Bonchev–Trinajstić information content (AvgIpc) is 2.48. The van der Waals surface area contributed by atoms with Crippen molar-refractivity contribution < 1.29 is 9.90 Å². The van der Waals surface area contributed by atoms with Crippen molar-refractivity contribution in [2.24, 2.45) is 0 Å². The summed E-state index contributed by atoms with van der Waals surface area (Å²) in [5, 5.41) is 8.43. The number of aromatic amines is 1. The molecule has 0 fully saturated rings. The van der Waals surface area contributed by atoms with Crippen molar-refractivity contribution in [1.29, 1.82) is 0 Å². The van der Waals surface area contributed by atoms with Crippen LogP contribution in [0.25, 0.3) is 0 Å². The zero-order valence-electron chi connectivity index (χ0n) is 7.13. The van der Waals surface area contributed by atoms with E-state index in [0.29, 0.717) is 6.42 Å². The highest BCUT2D eigenvalue weighted by molar-refractivity contribution is 5.67. The van der Waals surface area contributed by atoms with Gasteiger partial charge in [0.2, 0.25) is 0 Å². The number of aryl methyl sites for hydroxylation is 2. The van der Waals surface area contributed by atoms with E-state index in [9.17, 15) is 4.79 Å². The van der Waals surface area contributed by atoms with Gasteiger partial charge in [0.15, 0.2) is 0 Å². The lowest BCUT2D eigenvalue weighted by Crippen LogP contribution is -1.96. The second kappa shape index (κ2) is 3.95. The first-order chi connectivity index (χ1) is 5.72. The van der Waals surface area contributed by atoms with E-state index < -0.39 is 5.97 Å². The molecule has 0 amide bonds. The van der Waals surface area contributed by atoms with Gasteiger partial charge in [-0.2, -0.15) is 0 Å². The minimum atomic E-state index is -0.741. The third-order valence-electron chi connectivity index (χ3n) is 1.81. The Labute approximate surface area is 71.4 Å². The van der Waals surface area contributed by atoms with Crippen molar-refractivity contribution in [2.75, 3.05) is 0 Å². The molecule has 0 aliphatic rings. The lowest BCUT2D eigenvalue weighted by Gasteiger charge is -1.90. The van der Waals surface area contributed by atoms with E-state index in [1.165, 1.54) is 0 Å². The van der Waals surface area contributed by atoms with Crippen LogP contribution in [0.1, 0.15) is 24.6 Å². The van der Waals surface area contributed by atoms with Crippen LogP contribution in [0.2, 0.25) is 0 Å². The van der Waals surface area contributed by atoms with Gasteiger partial charge in [0.1, 0.15) is 0 Å². The highest BCUT2D eigenvalue weighted by Crippen LogP contribution is 2.06. The molecule has 0 spiro atoms. The first kappa shape index (κ1) is 8.84. The number of aromatic nitrogens is 1. The summed E-state index contributed by atoms with van der Waals surface area (Å²) in [6, 6.07) is 2.02. The summed E-state index contributed by atoms with van der Waals surface area (Å²) in [6.07, 6.45) is 3.67. The Morgan fingerprint density at radius 3 is 2.92 bits per heavy atom. The standard InChI is InChI=1S/C9H13NO2/c1-2-8-5-7(6-10-8)3-4-9(11)12/h5-6,10H,2-4H2,1H3,(H,11,12). The summed E-state index contributed by atoms with van der Waals surface area (Å²) in [5.41, 5.74) is 2.24. The fourth-order valence-electron chi connectivity index (χ4n) is 1.09. The minimum absolute atomic E-state index is 0.209. The maximum atomic E-state index is 10.2. The first-order valence-electron chi connectivity index (χ1n) is 4.10. The molecule has 2 N–H and O–H groups in total. The molecule has 3 heteroatoms. The largest absolute Gasteiger partial charge is 0.481 e. The van der Waals surface area contributed by atoms with Gasteiger partial charge in [0, 0.05) is 18.3 Å². The molecule has 0 unspecified atom stereocenters. The molecule has 0 aliphatic heterocycles. The molecular formula is C9H13NO2. The maximum Gasteiger partial charge on any atom is 0.303 e. The van der Waals surface area contributed by atoms with Crippen LogP contribution in [-0.2, 0) is 17.6 Å². The second-order valence-electron chi connectivity index (χ2n) is 2.78. The third kappa shape index (κ3) is 2.42. The normalized spacial score (nSPS) is 10.1. The lowest BCUT2D eigenvalue weighted by molar-refractivity contribution is -0.136. The van der Waals surface area contributed by atoms with E-state index >= 15 is 0 Å². The van der Waals surface area contributed by atoms with Gasteiger partial charge in [-0.05, 0) is 24.5 Å². The number of carboxylic acids is 1. The summed E-state index contributed by atoms with van der Waals surface area (Å²) < 4.78 is 0. The number of hydrogen-bond acceptors (Lipinski definition) is 1. The fourth-order valence-corrected chi connectivity index (χ4v) is 1.09. The molecule has 3 nitrogen and oxygen atoms in total. The summed E-state index contributed by atoms with van der Waals surface area (Å²) in [5.74, 6) is -0.741. The van der Waals surface area contributed by atoms with Gasteiger partial charge in [0.25, 0.3) is 0 Å². The Balaban J connectivity index is 2.47. The van der Waals surface area contributed by atoms with Crippen LogP contribution < -0.4 is 0 Å². The van der Waals surface area contributed by atoms with Crippen LogP contribution in [0.15, 0.2) is 12.3 Å². The molecule has 12 heavy (non-hydrogen) atoms. The van der Waals surface area contributed by atoms with Crippen LogP contribution in [0.5, 0.6) is 0 Å². The Hall–Kier alpha value is -1.25. The number of H-pyrrole nitrogens is 1. The number of rotatable bonds is 4. The van der Waals surface area contributed by atoms with E-state index in [-0.39, 0.29) is 6.42 Å². The third-order valence-corrected chi connectivity index (χ3v) is 1.81. The second-order valence-corrected chi connectivity index (χ2v) is 2.78.